The Morgan fingerprint density at radius 1 is 1.00 bits per heavy atom. The summed E-state index contributed by atoms with van der Waals surface area (Å²) in [6.45, 7) is -0.447. The molecule has 0 fully saturated rings. The monoisotopic (exact) mass is 166 g/mol. The zero-order valence-electron chi connectivity index (χ0n) is 6.13. The van der Waals surface area contributed by atoms with Gasteiger partial charge in [-0.05, 0) is 0 Å². The molecule has 0 unspecified atom stereocenters. The Morgan fingerprint density at radius 3 is 1.58 bits per heavy atom. The van der Waals surface area contributed by atoms with Crippen molar-refractivity contribution in [2.75, 3.05) is 13.1 Å². The number of rotatable bonds is 2. The summed E-state index contributed by atoms with van der Waals surface area (Å²) in [7, 11) is 0. The minimum absolute atomic E-state index is 0.223. The zero-order chi connectivity index (χ0) is 9.40. The highest BCUT2D eigenvalue weighted by Crippen LogP contribution is 1.66. The van der Waals surface area contributed by atoms with Gasteiger partial charge in [0.25, 0.3) is 0 Å². The standard InChI is InChI=1S/C6H6N4O2/c7-1-3-9-5(11)6(12)10-4-2-8/h3-4H2,(H,9,11)(H,10,12). The highest BCUT2D eigenvalue weighted by molar-refractivity contribution is 6.35. The lowest BCUT2D eigenvalue weighted by Crippen LogP contribution is -2.40. The van der Waals surface area contributed by atoms with Crippen LogP contribution < -0.4 is 10.6 Å². The van der Waals surface area contributed by atoms with E-state index in [4.69, 9.17) is 10.5 Å². The zero-order valence-corrected chi connectivity index (χ0v) is 6.13. The summed E-state index contributed by atoms with van der Waals surface area (Å²) < 4.78 is 0. The molecule has 6 nitrogen and oxygen atoms in total. The molecule has 0 atom stereocenters. The van der Waals surface area contributed by atoms with E-state index in [-0.39, 0.29) is 13.1 Å². The summed E-state index contributed by atoms with van der Waals surface area (Å²) in [6.07, 6.45) is 0. The number of carbonyl (C=O) groups is 2. The van der Waals surface area contributed by atoms with Crippen LogP contribution in [0.15, 0.2) is 0 Å². The Kier molecular flexibility index (Phi) is 4.70. The minimum Gasteiger partial charge on any atom is -0.335 e. The largest absolute Gasteiger partial charge is 0.335 e. The Morgan fingerprint density at radius 2 is 1.33 bits per heavy atom. The van der Waals surface area contributed by atoms with Crippen molar-refractivity contribution in [2.45, 2.75) is 0 Å². The number of nitrogens with zero attached hydrogens (tertiary/aromatic N) is 2. The SMILES string of the molecule is N#CCNC(=O)C(=O)NCC#N. The Bertz CT molecular complexity index is 232. The lowest BCUT2D eigenvalue weighted by atomic mass is 10.5. The van der Waals surface area contributed by atoms with E-state index in [1.807, 2.05) is 10.6 Å². The van der Waals surface area contributed by atoms with Gasteiger partial charge in [-0.1, -0.05) is 0 Å². The molecule has 12 heavy (non-hydrogen) atoms. The second kappa shape index (κ2) is 5.69. The van der Waals surface area contributed by atoms with E-state index in [2.05, 4.69) is 0 Å². The van der Waals surface area contributed by atoms with Crippen LogP contribution in [0.3, 0.4) is 0 Å². The molecule has 0 aromatic carbocycles. The van der Waals surface area contributed by atoms with Crippen molar-refractivity contribution in [1.29, 1.82) is 10.5 Å². The van der Waals surface area contributed by atoms with Crippen LogP contribution in [0.25, 0.3) is 0 Å². The van der Waals surface area contributed by atoms with Crippen LogP contribution in [0.5, 0.6) is 0 Å². The van der Waals surface area contributed by atoms with Crippen molar-refractivity contribution in [3.05, 3.63) is 0 Å². The van der Waals surface area contributed by atoms with Gasteiger partial charge in [-0.25, -0.2) is 0 Å². The van der Waals surface area contributed by atoms with Gasteiger partial charge in [0.15, 0.2) is 0 Å². The quantitative estimate of drug-likeness (QED) is 0.375. The van der Waals surface area contributed by atoms with E-state index in [9.17, 15) is 9.59 Å². The van der Waals surface area contributed by atoms with Gasteiger partial charge in [0.1, 0.15) is 13.1 Å². The predicted molar refractivity (Wildman–Crippen MR) is 37.2 cm³/mol. The van der Waals surface area contributed by atoms with Gasteiger partial charge in [0.2, 0.25) is 0 Å². The topological polar surface area (TPSA) is 106 Å². The normalized spacial score (nSPS) is 7.50. The van der Waals surface area contributed by atoms with E-state index < -0.39 is 11.8 Å². The minimum atomic E-state index is -0.910. The third-order valence-electron chi connectivity index (χ3n) is 0.862. The third-order valence-corrected chi connectivity index (χ3v) is 0.862. The van der Waals surface area contributed by atoms with E-state index in [1.165, 1.54) is 0 Å². The first kappa shape index (κ1) is 9.92. The molecule has 0 heterocycles. The fraction of sp³-hybridized carbons (Fsp3) is 0.333. The Hall–Kier alpha value is -2.08. The molecule has 6 heteroatoms. The summed E-state index contributed by atoms with van der Waals surface area (Å²) in [5.74, 6) is -1.82. The van der Waals surface area contributed by atoms with Crippen molar-refractivity contribution in [3.8, 4) is 12.1 Å². The average molecular weight is 166 g/mol. The fourth-order valence-corrected chi connectivity index (χ4v) is 0.400. The molecule has 2 N–H and O–H groups in total. The molecule has 0 aliphatic rings. The van der Waals surface area contributed by atoms with Crippen LogP contribution in [0.1, 0.15) is 0 Å². The van der Waals surface area contributed by atoms with Crippen LogP contribution in [0.4, 0.5) is 0 Å². The van der Waals surface area contributed by atoms with Crippen LogP contribution in [0.2, 0.25) is 0 Å². The van der Waals surface area contributed by atoms with Crippen LogP contribution in [-0.4, -0.2) is 24.9 Å². The van der Waals surface area contributed by atoms with Crippen LogP contribution in [0, 0.1) is 22.7 Å². The molecule has 0 saturated heterocycles. The number of nitriles is 2. The van der Waals surface area contributed by atoms with Gasteiger partial charge in [-0.3, -0.25) is 9.59 Å². The lowest BCUT2D eigenvalue weighted by Gasteiger charge is -1.98. The maximum absolute atomic E-state index is 10.6. The Balaban J connectivity index is 3.73. The number of carbonyl (C=O) groups excluding carboxylic acids is 2. The summed E-state index contributed by atoms with van der Waals surface area (Å²) in [5, 5.41) is 20.1. The maximum Gasteiger partial charge on any atom is 0.310 e. The molecule has 0 aliphatic carbocycles. The van der Waals surface area contributed by atoms with E-state index in [1.54, 1.807) is 12.1 Å². The van der Waals surface area contributed by atoms with Gasteiger partial charge < -0.3 is 10.6 Å². The number of hydrogen-bond donors (Lipinski definition) is 2. The van der Waals surface area contributed by atoms with Gasteiger partial charge >= 0.3 is 11.8 Å². The molecule has 0 spiro atoms. The lowest BCUT2D eigenvalue weighted by molar-refractivity contribution is -0.138. The molecule has 0 saturated carbocycles. The summed E-state index contributed by atoms with van der Waals surface area (Å²) in [5.41, 5.74) is 0. The van der Waals surface area contributed by atoms with Crippen LogP contribution >= 0.6 is 0 Å². The molecule has 0 bridgehead atoms. The molecule has 0 rings (SSSR count). The van der Waals surface area contributed by atoms with Crippen LogP contribution in [-0.2, 0) is 9.59 Å². The highest BCUT2D eigenvalue weighted by Gasteiger charge is 2.10. The highest BCUT2D eigenvalue weighted by atomic mass is 16.2. The van der Waals surface area contributed by atoms with E-state index in [0.717, 1.165) is 0 Å². The van der Waals surface area contributed by atoms with Gasteiger partial charge in [-0.2, -0.15) is 10.5 Å². The first-order chi connectivity index (χ1) is 5.72. The van der Waals surface area contributed by atoms with E-state index in [0.29, 0.717) is 0 Å². The summed E-state index contributed by atoms with van der Waals surface area (Å²) in [6, 6.07) is 3.27. The van der Waals surface area contributed by atoms with Gasteiger partial charge in [0.05, 0.1) is 12.1 Å². The Labute approximate surface area is 68.8 Å². The third kappa shape index (κ3) is 3.85. The first-order valence-corrected chi connectivity index (χ1v) is 3.02. The molecular weight excluding hydrogens is 160 g/mol. The van der Waals surface area contributed by atoms with Crippen molar-refractivity contribution in [3.63, 3.8) is 0 Å². The molecule has 0 radical (unpaired) electrons. The molecule has 0 aromatic rings. The van der Waals surface area contributed by atoms with Crippen molar-refractivity contribution in [2.24, 2.45) is 0 Å². The second-order valence-electron chi connectivity index (χ2n) is 1.68. The average Bonchev–Trinajstić information content (AvgIpc) is 2.10. The molecule has 2 amide bonds. The smallest absolute Gasteiger partial charge is 0.310 e. The van der Waals surface area contributed by atoms with Crippen molar-refractivity contribution in [1.82, 2.24) is 10.6 Å². The van der Waals surface area contributed by atoms with Gasteiger partial charge in [0, 0.05) is 0 Å². The molecular formula is C6H6N4O2. The van der Waals surface area contributed by atoms with Gasteiger partial charge in [-0.15, -0.1) is 0 Å². The fourth-order valence-electron chi connectivity index (χ4n) is 0.400. The van der Waals surface area contributed by atoms with Crippen molar-refractivity contribution < 1.29 is 9.59 Å². The second-order valence-corrected chi connectivity index (χ2v) is 1.68. The molecule has 62 valence electrons. The van der Waals surface area contributed by atoms with E-state index >= 15 is 0 Å². The summed E-state index contributed by atoms with van der Waals surface area (Å²) >= 11 is 0. The number of nitrogens with one attached hydrogen (secondary N) is 2. The predicted octanol–water partition coefficient (Wildman–Crippen LogP) is -1.73. The molecule has 0 aliphatic heterocycles. The summed E-state index contributed by atoms with van der Waals surface area (Å²) in [4.78, 5) is 21.2. The van der Waals surface area contributed by atoms with Crippen molar-refractivity contribution >= 4 is 11.8 Å². The maximum atomic E-state index is 10.6. The molecule has 0 aromatic heterocycles. The first-order valence-electron chi connectivity index (χ1n) is 3.02. The number of hydrogen-bond acceptors (Lipinski definition) is 4. The number of amides is 2.